The number of amides is 1. The molecule has 1 aromatic rings. The Morgan fingerprint density at radius 1 is 1.71 bits per heavy atom. The van der Waals surface area contributed by atoms with Gasteiger partial charge in [0.25, 0.3) is 5.91 Å². The molecule has 1 unspecified atom stereocenters. The van der Waals surface area contributed by atoms with E-state index in [1.807, 2.05) is 4.90 Å². The van der Waals surface area contributed by atoms with Crippen LogP contribution in [0.4, 0.5) is 0 Å². The number of rotatable bonds is 1. The van der Waals surface area contributed by atoms with E-state index >= 15 is 0 Å². The molecule has 2 rings (SSSR count). The van der Waals surface area contributed by atoms with Crippen LogP contribution in [0.15, 0.2) is 17.0 Å². The standard InChI is InChI=1S/C10H14N2O2/c1-8-3-2-4-12(6-8)10(13)9-5-11-14-7-9/h5,7-8H,2-4,6H2,1H3. The summed E-state index contributed by atoms with van der Waals surface area (Å²) in [5.41, 5.74) is 0.555. The van der Waals surface area contributed by atoms with Gasteiger partial charge in [-0.25, -0.2) is 0 Å². The van der Waals surface area contributed by atoms with Crippen LogP contribution in [-0.2, 0) is 0 Å². The maximum absolute atomic E-state index is 11.8. The second kappa shape index (κ2) is 3.82. The molecule has 0 aromatic carbocycles. The summed E-state index contributed by atoms with van der Waals surface area (Å²) in [5.74, 6) is 0.644. The Morgan fingerprint density at radius 2 is 2.57 bits per heavy atom. The van der Waals surface area contributed by atoms with Gasteiger partial charge in [0, 0.05) is 13.1 Å². The van der Waals surface area contributed by atoms with Gasteiger partial charge < -0.3 is 9.42 Å². The van der Waals surface area contributed by atoms with Gasteiger partial charge in [0.05, 0.1) is 11.8 Å². The highest BCUT2D eigenvalue weighted by Gasteiger charge is 2.22. The van der Waals surface area contributed by atoms with E-state index in [-0.39, 0.29) is 5.91 Å². The highest BCUT2D eigenvalue weighted by atomic mass is 16.5. The molecule has 76 valence electrons. The highest BCUT2D eigenvalue weighted by Crippen LogP contribution is 2.17. The van der Waals surface area contributed by atoms with Gasteiger partial charge >= 0.3 is 0 Å². The topological polar surface area (TPSA) is 46.3 Å². The third-order valence-corrected chi connectivity index (χ3v) is 2.62. The van der Waals surface area contributed by atoms with Crippen LogP contribution in [0.2, 0.25) is 0 Å². The smallest absolute Gasteiger partial charge is 0.258 e. The number of aromatic nitrogens is 1. The molecule has 0 spiro atoms. The summed E-state index contributed by atoms with van der Waals surface area (Å²) in [7, 11) is 0. The number of carbonyl (C=O) groups excluding carboxylic acids is 1. The predicted octanol–water partition coefficient (Wildman–Crippen LogP) is 1.55. The quantitative estimate of drug-likeness (QED) is 0.681. The van der Waals surface area contributed by atoms with Gasteiger partial charge in [0.1, 0.15) is 6.26 Å². The molecule has 14 heavy (non-hydrogen) atoms. The molecule has 0 aliphatic carbocycles. The second-order valence-corrected chi connectivity index (χ2v) is 3.91. The van der Waals surface area contributed by atoms with Crippen molar-refractivity contribution < 1.29 is 9.32 Å². The second-order valence-electron chi connectivity index (χ2n) is 3.91. The number of hydrogen-bond acceptors (Lipinski definition) is 3. The summed E-state index contributed by atoms with van der Waals surface area (Å²) >= 11 is 0. The summed E-state index contributed by atoms with van der Waals surface area (Å²) in [6.07, 6.45) is 5.19. The molecule has 1 fully saturated rings. The van der Waals surface area contributed by atoms with Crippen molar-refractivity contribution in [2.75, 3.05) is 13.1 Å². The lowest BCUT2D eigenvalue weighted by molar-refractivity contribution is 0.0682. The van der Waals surface area contributed by atoms with E-state index in [4.69, 9.17) is 0 Å². The first kappa shape index (κ1) is 9.24. The fraction of sp³-hybridized carbons (Fsp3) is 0.600. The minimum Gasteiger partial charge on any atom is -0.364 e. The van der Waals surface area contributed by atoms with Gasteiger partial charge in [0.15, 0.2) is 0 Å². The van der Waals surface area contributed by atoms with Gasteiger partial charge in [-0.15, -0.1) is 0 Å². The Kier molecular flexibility index (Phi) is 2.52. The third kappa shape index (κ3) is 1.78. The van der Waals surface area contributed by atoms with Crippen LogP contribution in [0.25, 0.3) is 0 Å². The first-order chi connectivity index (χ1) is 6.77. The van der Waals surface area contributed by atoms with Crippen LogP contribution >= 0.6 is 0 Å². The lowest BCUT2D eigenvalue weighted by Gasteiger charge is -2.30. The lowest BCUT2D eigenvalue weighted by atomic mass is 10.00. The maximum atomic E-state index is 11.8. The Bertz CT molecular complexity index is 308. The number of piperidine rings is 1. The zero-order valence-electron chi connectivity index (χ0n) is 8.27. The van der Waals surface area contributed by atoms with Crippen molar-refractivity contribution in [3.63, 3.8) is 0 Å². The normalized spacial score (nSPS) is 22.4. The molecule has 1 atom stereocenters. The Labute approximate surface area is 82.9 Å². The molecular weight excluding hydrogens is 180 g/mol. The maximum Gasteiger partial charge on any atom is 0.258 e. The van der Waals surface area contributed by atoms with Gasteiger partial charge in [-0.2, -0.15) is 0 Å². The molecule has 1 aliphatic heterocycles. The van der Waals surface area contributed by atoms with E-state index in [9.17, 15) is 4.79 Å². The lowest BCUT2D eigenvalue weighted by Crippen LogP contribution is -2.38. The summed E-state index contributed by atoms with van der Waals surface area (Å²) in [4.78, 5) is 13.7. The van der Waals surface area contributed by atoms with E-state index in [1.54, 1.807) is 0 Å². The number of carbonyl (C=O) groups is 1. The van der Waals surface area contributed by atoms with Crippen molar-refractivity contribution in [2.45, 2.75) is 19.8 Å². The fourth-order valence-electron chi connectivity index (χ4n) is 1.87. The first-order valence-corrected chi connectivity index (χ1v) is 4.96. The first-order valence-electron chi connectivity index (χ1n) is 4.96. The highest BCUT2D eigenvalue weighted by molar-refractivity contribution is 5.93. The Hall–Kier alpha value is -1.32. The molecule has 0 radical (unpaired) electrons. The zero-order chi connectivity index (χ0) is 9.97. The molecule has 1 saturated heterocycles. The van der Waals surface area contributed by atoms with Crippen molar-refractivity contribution in [1.29, 1.82) is 0 Å². The summed E-state index contributed by atoms with van der Waals surface area (Å²) in [6, 6.07) is 0. The number of likely N-dealkylation sites (tertiary alicyclic amines) is 1. The van der Waals surface area contributed by atoms with Crippen molar-refractivity contribution in [3.05, 3.63) is 18.0 Å². The van der Waals surface area contributed by atoms with Crippen molar-refractivity contribution in [1.82, 2.24) is 10.1 Å². The van der Waals surface area contributed by atoms with E-state index in [0.29, 0.717) is 11.5 Å². The minimum absolute atomic E-state index is 0.0396. The van der Waals surface area contributed by atoms with Crippen LogP contribution < -0.4 is 0 Å². The summed E-state index contributed by atoms with van der Waals surface area (Å²) in [6.45, 7) is 3.88. The summed E-state index contributed by atoms with van der Waals surface area (Å²) < 4.78 is 4.66. The Balaban J connectivity index is 2.04. The molecule has 1 aromatic heterocycles. The zero-order valence-corrected chi connectivity index (χ0v) is 8.27. The van der Waals surface area contributed by atoms with E-state index in [0.717, 1.165) is 19.5 Å². The molecule has 0 bridgehead atoms. The largest absolute Gasteiger partial charge is 0.364 e. The van der Waals surface area contributed by atoms with Gasteiger partial charge in [-0.3, -0.25) is 4.79 Å². The molecule has 1 aliphatic rings. The number of nitrogens with zero attached hydrogens (tertiary/aromatic N) is 2. The SMILES string of the molecule is CC1CCCN(C(=O)c2cnoc2)C1. The van der Waals surface area contributed by atoms with Crippen LogP contribution in [0.1, 0.15) is 30.1 Å². The van der Waals surface area contributed by atoms with E-state index in [2.05, 4.69) is 16.6 Å². The molecular formula is C10H14N2O2. The average molecular weight is 194 g/mol. The number of hydrogen-bond donors (Lipinski definition) is 0. The monoisotopic (exact) mass is 194 g/mol. The van der Waals surface area contributed by atoms with Crippen molar-refractivity contribution in [2.24, 2.45) is 5.92 Å². The van der Waals surface area contributed by atoms with Crippen molar-refractivity contribution in [3.8, 4) is 0 Å². The van der Waals surface area contributed by atoms with Crippen LogP contribution in [-0.4, -0.2) is 29.1 Å². The molecule has 4 nitrogen and oxygen atoms in total. The fourth-order valence-corrected chi connectivity index (χ4v) is 1.87. The Morgan fingerprint density at radius 3 is 3.21 bits per heavy atom. The van der Waals surface area contributed by atoms with Crippen molar-refractivity contribution >= 4 is 5.91 Å². The van der Waals surface area contributed by atoms with E-state index < -0.39 is 0 Å². The predicted molar refractivity (Wildman–Crippen MR) is 50.8 cm³/mol. The molecule has 1 amide bonds. The molecule has 0 saturated carbocycles. The van der Waals surface area contributed by atoms with Crippen LogP contribution in [0, 0.1) is 5.92 Å². The molecule has 0 N–H and O–H groups in total. The molecule has 4 heteroatoms. The third-order valence-electron chi connectivity index (χ3n) is 2.62. The average Bonchev–Trinajstić information content (AvgIpc) is 2.69. The minimum atomic E-state index is 0.0396. The van der Waals surface area contributed by atoms with Gasteiger partial charge in [-0.05, 0) is 18.8 Å². The summed E-state index contributed by atoms with van der Waals surface area (Å²) in [5, 5.41) is 3.53. The molecule has 2 heterocycles. The van der Waals surface area contributed by atoms with Crippen LogP contribution in [0.5, 0.6) is 0 Å². The van der Waals surface area contributed by atoms with Gasteiger partial charge in [-0.1, -0.05) is 12.1 Å². The van der Waals surface area contributed by atoms with E-state index in [1.165, 1.54) is 18.9 Å². The van der Waals surface area contributed by atoms with Gasteiger partial charge in [0.2, 0.25) is 0 Å². The van der Waals surface area contributed by atoms with Crippen LogP contribution in [0.3, 0.4) is 0 Å².